The summed E-state index contributed by atoms with van der Waals surface area (Å²) in [6.45, 7) is 3.13. The number of ether oxygens (including phenoxy) is 3. The third-order valence-corrected chi connectivity index (χ3v) is 5.26. The van der Waals surface area contributed by atoms with Crippen molar-refractivity contribution in [2.24, 2.45) is 4.99 Å². The Morgan fingerprint density at radius 1 is 1.11 bits per heavy atom. The monoisotopic (exact) mass is 499 g/mol. The van der Waals surface area contributed by atoms with Gasteiger partial charge in [0.25, 0.3) is 0 Å². The Morgan fingerprint density at radius 2 is 1.93 bits per heavy atom. The summed E-state index contributed by atoms with van der Waals surface area (Å²) in [4.78, 5) is 4.33. The van der Waals surface area contributed by atoms with Gasteiger partial charge in [-0.25, -0.2) is 0 Å². The summed E-state index contributed by atoms with van der Waals surface area (Å²) < 4.78 is 22.0. The van der Waals surface area contributed by atoms with Crippen LogP contribution in [-0.2, 0) is 16.7 Å². The van der Waals surface area contributed by atoms with E-state index in [0.717, 1.165) is 55.8 Å². The van der Waals surface area contributed by atoms with Gasteiger partial charge in [-0.2, -0.15) is 0 Å². The average molecular weight is 499 g/mol. The molecule has 0 aliphatic carbocycles. The van der Waals surface area contributed by atoms with Crippen molar-refractivity contribution in [1.82, 2.24) is 10.6 Å². The van der Waals surface area contributed by atoms with E-state index in [1.807, 2.05) is 18.2 Å². The minimum atomic E-state index is -0.0401. The molecule has 152 valence electrons. The molecule has 3 heterocycles. The SMILES string of the molecule is CN=C(NCc1ccco1)NCC1(c2ccc3c(c2)OCO3)CCOCC1.I. The third-order valence-electron chi connectivity index (χ3n) is 5.26. The molecular weight excluding hydrogens is 473 g/mol. The molecule has 0 saturated carbocycles. The van der Waals surface area contributed by atoms with E-state index < -0.39 is 0 Å². The topological polar surface area (TPSA) is 77.3 Å². The van der Waals surface area contributed by atoms with Crippen LogP contribution in [0.5, 0.6) is 11.5 Å². The van der Waals surface area contributed by atoms with Crippen molar-refractivity contribution < 1.29 is 18.6 Å². The quantitative estimate of drug-likeness (QED) is 0.374. The maximum atomic E-state index is 5.63. The van der Waals surface area contributed by atoms with Gasteiger partial charge in [-0.05, 0) is 42.7 Å². The van der Waals surface area contributed by atoms with Crippen LogP contribution in [0.3, 0.4) is 0 Å². The minimum absolute atomic E-state index is 0. The number of halogens is 1. The van der Waals surface area contributed by atoms with Crippen LogP contribution in [-0.4, -0.2) is 39.6 Å². The Bertz CT molecular complexity index is 789. The maximum absolute atomic E-state index is 5.63. The lowest BCUT2D eigenvalue weighted by Crippen LogP contribution is -2.47. The van der Waals surface area contributed by atoms with Gasteiger partial charge in [-0.3, -0.25) is 4.99 Å². The summed E-state index contributed by atoms with van der Waals surface area (Å²) in [7, 11) is 1.77. The Labute approximate surface area is 181 Å². The number of nitrogens with zero attached hydrogens (tertiary/aromatic N) is 1. The number of hydrogen-bond acceptors (Lipinski definition) is 5. The van der Waals surface area contributed by atoms with Crippen molar-refractivity contribution >= 4 is 29.9 Å². The van der Waals surface area contributed by atoms with E-state index in [4.69, 9.17) is 18.6 Å². The number of hydrogen-bond donors (Lipinski definition) is 2. The second kappa shape index (κ2) is 9.51. The summed E-state index contributed by atoms with van der Waals surface area (Å²) in [6.07, 6.45) is 3.55. The van der Waals surface area contributed by atoms with E-state index in [-0.39, 0.29) is 36.2 Å². The number of rotatable bonds is 5. The third kappa shape index (κ3) is 4.54. The Hall–Kier alpha value is -1.94. The predicted molar refractivity (Wildman–Crippen MR) is 117 cm³/mol. The van der Waals surface area contributed by atoms with Crippen LogP contribution in [0.1, 0.15) is 24.2 Å². The van der Waals surface area contributed by atoms with Crippen molar-refractivity contribution in [3.63, 3.8) is 0 Å². The molecule has 2 aliphatic heterocycles. The minimum Gasteiger partial charge on any atom is -0.467 e. The first kappa shape index (κ1) is 20.8. The van der Waals surface area contributed by atoms with Crippen molar-refractivity contribution in [2.45, 2.75) is 24.8 Å². The molecule has 0 radical (unpaired) electrons. The number of furan rings is 1. The van der Waals surface area contributed by atoms with Crippen LogP contribution in [0.25, 0.3) is 0 Å². The molecule has 0 bridgehead atoms. The van der Waals surface area contributed by atoms with Crippen molar-refractivity contribution in [3.05, 3.63) is 47.9 Å². The maximum Gasteiger partial charge on any atom is 0.231 e. The first-order valence-electron chi connectivity index (χ1n) is 9.24. The molecule has 1 aromatic heterocycles. The molecule has 2 aromatic rings. The normalized spacial score (nSPS) is 17.7. The lowest BCUT2D eigenvalue weighted by Gasteiger charge is -2.38. The van der Waals surface area contributed by atoms with Gasteiger partial charge in [-0.15, -0.1) is 24.0 Å². The van der Waals surface area contributed by atoms with Crippen LogP contribution in [0.15, 0.2) is 46.0 Å². The standard InChI is InChI=1S/C20H25N3O4.HI/c1-21-19(22-12-16-3-2-8-25-16)23-13-20(6-9-24-10-7-20)15-4-5-17-18(11-15)27-14-26-17;/h2-5,8,11H,6-7,9-10,12-14H2,1H3,(H2,21,22,23);1H. The summed E-state index contributed by atoms with van der Waals surface area (Å²) >= 11 is 0. The van der Waals surface area contributed by atoms with Gasteiger partial charge in [-0.1, -0.05) is 6.07 Å². The summed E-state index contributed by atoms with van der Waals surface area (Å²) in [5.41, 5.74) is 1.20. The van der Waals surface area contributed by atoms with Gasteiger partial charge in [0.15, 0.2) is 17.5 Å². The Morgan fingerprint density at radius 3 is 2.68 bits per heavy atom. The molecule has 0 amide bonds. The van der Waals surface area contributed by atoms with E-state index in [1.54, 1.807) is 13.3 Å². The molecule has 0 spiro atoms. The largest absolute Gasteiger partial charge is 0.467 e. The second-order valence-electron chi connectivity index (χ2n) is 6.82. The van der Waals surface area contributed by atoms with E-state index in [9.17, 15) is 0 Å². The fraction of sp³-hybridized carbons (Fsp3) is 0.450. The highest BCUT2D eigenvalue weighted by Crippen LogP contribution is 2.40. The molecule has 1 aromatic carbocycles. The molecule has 1 saturated heterocycles. The lowest BCUT2D eigenvalue weighted by molar-refractivity contribution is 0.0513. The van der Waals surface area contributed by atoms with Crippen molar-refractivity contribution in [1.29, 1.82) is 0 Å². The molecule has 0 atom stereocenters. The predicted octanol–water partition coefficient (Wildman–Crippen LogP) is 3.04. The Balaban J connectivity index is 0.00000225. The highest BCUT2D eigenvalue weighted by molar-refractivity contribution is 14.0. The fourth-order valence-corrected chi connectivity index (χ4v) is 3.61. The number of aliphatic imine (C=N–C) groups is 1. The van der Waals surface area contributed by atoms with E-state index >= 15 is 0 Å². The van der Waals surface area contributed by atoms with Crippen LogP contribution in [0.2, 0.25) is 0 Å². The van der Waals surface area contributed by atoms with Gasteiger partial charge < -0.3 is 29.3 Å². The zero-order chi connectivity index (χ0) is 18.5. The molecule has 8 heteroatoms. The average Bonchev–Trinajstić information content (AvgIpc) is 3.40. The molecule has 28 heavy (non-hydrogen) atoms. The van der Waals surface area contributed by atoms with Gasteiger partial charge in [0.1, 0.15) is 5.76 Å². The van der Waals surface area contributed by atoms with Crippen LogP contribution >= 0.6 is 24.0 Å². The number of benzene rings is 1. The molecule has 0 unspecified atom stereocenters. The van der Waals surface area contributed by atoms with Crippen molar-refractivity contribution in [2.75, 3.05) is 33.6 Å². The second-order valence-corrected chi connectivity index (χ2v) is 6.82. The smallest absolute Gasteiger partial charge is 0.231 e. The molecular formula is C20H26IN3O4. The van der Waals surface area contributed by atoms with Crippen LogP contribution in [0.4, 0.5) is 0 Å². The summed E-state index contributed by atoms with van der Waals surface area (Å²) in [5.74, 6) is 3.25. The van der Waals surface area contributed by atoms with Gasteiger partial charge in [0, 0.05) is 32.2 Å². The zero-order valence-corrected chi connectivity index (χ0v) is 18.2. The lowest BCUT2D eigenvalue weighted by atomic mass is 9.74. The number of fused-ring (bicyclic) bond motifs is 1. The number of nitrogens with one attached hydrogen (secondary N) is 2. The first-order valence-corrected chi connectivity index (χ1v) is 9.24. The van der Waals surface area contributed by atoms with Gasteiger partial charge >= 0.3 is 0 Å². The summed E-state index contributed by atoms with van der Waals surface area (Å²) in [6, 6.07) is 10.1. The van der Waals surface area contributed by atoms with Gasteiger partial charge in [0.2, 0.25) is 6.79 Å². The van der Waals surface area contributed by atoms with E-state index in [1.165, 1.54) is 5.56 Å². The van der Waals surface area contributed by atoms with Gasteiger partial charge in [0.05, 0.1) is 12.8 Å². The van der Waals surface area contributed by atoms with E-state index in [2.05, 4.69) is 27.8 Å². The first-order chi connectivity index (χ1) is 13.3. The zero-order valence-electron chi connectivity index (χ0n) is 15.9. The molecule has 1 fully saturated rings. The van der Waals surface area contributed by atoms with Crippen LogP contribution in [0, 0.1) is 0 Å². The van der Waals surface area contributed by atoms with E-state index in [0.29, 0.717) is 6.54 Å². The highest BCUT2D eigenvalue weighted by atomic mass is 127. The van der Waals surface area contributed by atoms with Crippen molar-refractivity contribution in [3.8, 4) is 11.5 Å². The number of guanidine groups is 1. The molecule has 4 rings (SSSR count). The fourth-order valence-electron chi connectivity index (χ4n) is 3.61. The molecule has 7 nitrogen and oxygen atoms in total. The Kier molecular flexibility index (Phi) is 7.06. The molecule has 2 N–H and O–H groups in total. The highest BCUT2D eigenvalue weighted by Gasteiger charge is 2.35. The summed E-state index contributed by atoms with van der Waals surface area (Å²) in [5, 5.41) is 6.77. The van der Waals surface area contributed by atoms with Crippen LogP contribution < -0.4 is 20.1 Å². The molecule has 2 aliphatic rings.